The minimum atomic E-state index is -0.933. The molecule has 0 fully saturated rings. The van der Waals surface area contributed by atoms with E-state index >= 15 is 0 Å². The van der Waals surface area contributed by atoms with Crippen LogP contribution in [0.4, 0.5) is 0 Å². The van der Waals surface area contributed by atoms with Crippen LogP contribution < -0.4 is 10.1 Å². The Bertz CT molecular complexity index is 1250. The van der Waals surface area contributed by atoms with E-state index in [-0.39, 0.29) is 30.2 Å². The van der Waals surface area contributed by atoms with Crippen LogP contribution in [-0.4, -0.2) is 30.1 Å². The van der Waals surface area contributed by atoms with Crippen molar-refractivity contribution in [2.24, 2.45) is 5.92 Å². The third kappa shape index (κ3) is 10.1. The molecule has 41 heavy (non-hydrogen) atoms. The lowest BCUT2D eigenvalue weighted by molar-refractivity contribution is -0.136. The Morgan fingerprint density at radius 1 is 0.902 bits per heavy atom. The van der Waals surface area contributed by atoms with Gasteiger partial charge in [0.25, 0.3) is 5.91 Å². The van der Waals surface area contributed by atoms with Gasteiger partial charge in [-0.15, -0.1) is 0 Å². The summed E-state index contributed by atoms with van der Waals surface area (Å²) in [5, 5.41) is 11.4. The van der Waals surface area contributed by atoms with Crippen molar-refractivity contribution in [3.63, 3.8) is 0 Å². The number of carbonyl (C=O) groups excluding carboxylic acids is 1. The lowest BCUT2D eigenvalue weighted by atomic mass is 9.85. The van der Waals surface area contributed by atoms with Crippen LogP contribution in [0.15, 0.2) is 60.7 Å². The van der Waals surface area contributed by atoms with Crippen molar-refractivity contribution in [1.82, 2.24) is 5.32 Å². The van der Waals surface area contributed by atoms with Crippen LogP contribution in [0.2, 0.25) is 0 Å². The van der Waals surface area contributed by atoms with E-state index < -0.39 is 5.97 Å². The van der Waals surface area contributed by atoms with Gasteiger partial charge in [0.2, 0.25) is 0 Å². The zero-order chi connectivity index (χ0) is 30.7. The fraction of sp³-hybridized carbons (Fsp3) is 0.444. The van der Waals surface area contributed by atoms with Gasteiger partial charge in [0.1, 0.15) is 5.75 Å². The van der Waals surface area contributed by atoms with Gasteiger partial charge in [-0.1, -0.05) is 84.9 Å². The number of hydrogen-bond acceptors (Lipinski definition) is 3. The third-order valence-electron chi connectivity index (χ3n) is 7.02. The first-order valence-electron chi connectivity index (χ1n) is 14.8. The number of nitrogens with one attached hydrogen (secondary N) is 1. The maximum absolute atomic E-state index is 12.3. The fourth-order valence-corrected chi connectivity index (χ4v) is 4.96. The number of aliphatic carboxylic acids is 1. The van der Waals surface area contributed by atoms with Crippen molar-refractivity contribution in [3.8, 4) is 16.9 Å². The fourth-order valence-electron chi connectivity index (χ4n) is 4.96. The van der Waals surface area contributed by atoms with Crippen molar-refractivity contribution >= 4 is 11.9 Å². The summed E-state index contributed by atoms with van der Waals surface area (Å²) in [6.07, 6.45) is 0.862. The largest absolute Gasteiger partial charge is 0.493 e. The average molecular weight is 560 g/mol. The van der Waals surface area contributed by atoms with Gasteiger partial charge in [0.05, 0.1) is 13.0 Å². The molecule has 0 saturated heterocycles. The minimum Gasteiger partial charge on any atom is -0.493 e. The number of aryl methyl sites for hydroxylation is 2. The predicted molar refractivity (Wildman–Crippen MR) is 170 cm³/mol. The number of amides is 1. The van der Waals surface area contributed by atoms with E-state index in [2.05, 4.69) is 90.2 Å². The number of rotatable bonds is 11. The molecule has 5 heteroatoms. The Balaban J connectivity index is 0.00000287. The van der Waals surface area contributed by atoms with Gasteiger partial charge in [0.15, 0.2) is 0 Å². The highest BCUT2D eigenvalue weighted by molar-refractivity contribution is 5.94. The zero-order valence-corrected chi connectivity index (χ0v) is 26.4. The highest BCUT2D eigenvalue weighted by atomic mass is 16.5. The summed E-state index contributed by atoms with van der Waals surface area (Å²) in [4.78, 5) is 23.0. The van der Waals surface area contributed by atoms with Crippen molar-refractivity contribution < 1.29 is 19.4 Å². The Morgan fingerprint density at radius 3 is 1.95 bits per heavy atom. The highest BCUT2D eigenvalue weighted by Crippen LogP contribution is 2.34. The smallest absolute Gasteiger partial charge is 0.305 e. The summed E-state index contributed by atoms with van der Waals surface area (Å²) >= 11 is 0. The monoisotopic (exact) mass is 559 g/mol. The number of hydrogen-bond donors (Lipinski definition) is 2. The van der Waals surface area contributed by atoms with Crippen LogP contribution in [0.5, 0.6) is 5.75 Å². The average Bonchev–Trinajstić information content (AvgIpc) is 2.91. The molecule has 0 aromatic heterocycles. The lowest BCUT2D eigenvalue weighted by Gasteiger charge is -2.22. The van der Waals surface area contributed by atoms with E-state index in [4.69, 9.17) is 9.84 Å². The molecule has 5 nitrogen and oxygen atoms in total. The molecule has 3 aromatic rings. The third-order valence-corrected chi connectivity index (χ3v) is 7.02. The topological polar surface area (TPSA) is 75.6 Å². The van der Waals surface area contributed by atoms with Crippen LogP contribution >= 0.6 is 0 Å². The second-order valence-corrected chi connectivity index (χ2v) is 11.9. The summed E-state index contributed by atoms with van der Waals surface area (Å²) < 4.78 is 6.36. The number of ether oxygens (including phenoxy) is 1. The molecule has 222 valence electrons. The first-order valence-corrected chi connectivity index (χ1v) is 14.8. The van der Waals surface area contributed by atoms with E-state index in [0.717, 1.165) is 17.7 Å². The second kappa shape index (κ2) is 15.4. The SMILES string of the molecule is CC.Cc1cc(OCC(CC(C)C)c2ccc(C(=O)NCCC(=O)O)cc2)cc(C)c1-c1ccc(C(C)(C)C)cc1. The van der Waals surface area contributed by atoms with E-state index in [1.54, 1.807) is 12.1 Å². The molecule has 0 radical (unpaired) electrons. The van der Waals surface area contributed by atoms with Crippen LogP contribution in [-0.2, 0) is 10.2 Å². The van der Waals surface area contributed by atoms with Gasteiger partial charge in [-0.25, -0.2) is 0 Å². The summed E-state index contributed by atoms with van der Waals surface area (Å²) in [5.74, 6) is 0.331. The summed E-state index contributed by atoms with van der Waals surface area (Å²) in [6, 6.07) is 20.7. The van der Waals surface area contributed by atoms with Crippen molar-refractivity contribution in [2.45, 2.75) is 86.5 Å². The van der Waals surface area contributed by atoms with Crippen LogP contribution in [0.25, 0.3) is 11.1 Å². The molecule has 0 spiro atoms. The van der Waals surface area contributed by atoms with Crippen molar-refractivity contribution in [3.05, 3.63) is 88.5 Å². The Labute approximate surface area is 247 Å². The number of carboxylic acid groups (broad SMARTS) is 1. The van der Waals surface area contributed by atoms with Crippen LogP contribution in [0.1, 0.15) is 99.8 Å². The second-order valence-electron chi connectivity index (χ2n) is 11.9. The van der Waals surface area contributed by atoms with Crippen molar-refractivity contribution in [1.29, 1.82) is 0 Å². The van der Waals surface area contributed by atoms with Crippen LogP contribution in [0.3, 0.4) is 0 Å². The highest BCUT2D eigenvalue weighted by Gasteiger charge is 2.18. The molecule has 0 aliphatic carbocycles. The molecule has 0 aliphatic rings. The Kier molecular flexibility index (Phi) is 12.6. The summed E-state index contributed by atoms with van der Waals surface area (Å²) in [7, 11) is 0. The van der Waals surface area contributed by atoms with Gasteiger partial charge >= 0.3 is 5.97 Å². The van der Waals surface area contributed by atoms with Gasteiger partial charge in [-0.2, -0.15) is 0 Å². The maximum atomic E-state index is 12.3. The van der Waals surface area contributed by atoms with E-state index in [9.17, 15) is 9.59 Å². The quantitative estimate of drug-likeness (QED) is 0.246. The summed E-state index contributed by atoms with van der Waals surface area (Å²) in [5.41, 5.74) is 7.93. The van der Waals surface area contributed by atoms with E-state index in [1.165, 1.54) is 27.8 Å². The minimum absolute atomic E-state index is 0.0962. The van der Waals surface area contributed by atoms with Gasteiger partial charge in [0, 0.05) is 18.0 Å². The molecule has 1 atom stereocenters. The van der Waals surface area contributed by atoms with Gasteiger partial charge < -0.3 is 15.2 Å². The molecule has 0 aliphatic heterocycles. The molecule has 3 aromatic carbocycles. The molecule has 0 saturated carbocycles. The number of benzene rings is 3. The standard InChI is InChI=1S/C34H43NO4.C2H6/c1-22(2)18-28(25-8-10-27(11-9-25)33(38)35-17-16-31(36)37)21-39-30-19-23(3)32(24(4)20-30)26-12-14-29(15-13-26)34(5,6)7;1-2/h8-15,19-20,22,28H,16-18,21H2,1-7H3,(H,35,38)(H,36,37);1-2H3. The molecular formula is C36H49NO4. The predicted octanol–water partition coefficient (Wildman–Crippen LogP) is 8.71. The summed E-state index contributed by atoms with van der Waals surface area (Å²) in [6.45, 7) is 20.0. The lowest BCUT2D eigenvalue weighted by Crippen LogP contribution is -2.26. The molecule has 1 amide bonds. The Morgan fingerprint density at radius 2 is 1.46 bits per heavy atom. The molecule has 0 bridgehead atoms. The van der Waals surface area contributed by atoms with E-state index in [0.29, 0.717) is 18.1 Å². The van der Waals surface area contributed by atoms with Crippen LogP contribution in [0, 0.1) is 19.8 Å². The zero-order valence-electron chi connectivity index (χ0n) is 26.4. The maximum Gasteiger partial charge on any atom is 0.305 e. The first kappa shape index (κ1) is 33.6. The number of carbonyl (C=O) groups is 2. The normalized spacial score (nSPS) is 11.9. The molecule has 0 heterocycles. The molecular weight excluding hydrogens is 510 g/mol. The molecule has 1 unspecified atom stereocenters. The van der Waals surface area contributed by atoms with Crippen molar-refractivity contribution in [2.75, 3.05) is 13.2 Å². The Hall–Kier alpha value is -3.60. The molecule has 3 rings (SSSR count). The molecule has 2 N–H and O–H groups in total. The van der Waals surface area contributed by atoms with Gasteiger partial charge in [-0.05, 0) is 89.2 Å². The number of carboxylic acids is 1. The first-order chi connectivity index (χ1) is 19.3. The van der Waals surface area contributed by atoms with Gasteiger partial charge in [-0.3, -0.25) is 9.59 Å². The van der Waals surface area contributed by atoms with E-state index in [1.807, 2.05) is 26.0 Å².